The summed E-state index contributed by atoms with van der Waals surface area (Å²) < 4.78 is 5.92. The van der Waals surface area contributed by atoms with Gasteiger partial charge in [0.15, 0.2) is 0 Å². The standard InChI is InChI=1S/C12H11NO4S/c1-17-9-4-2-8(3-5-9)12(16)18-13-10(14)6-7-11(13)15/h2-5H,6-7H2,1H3. The van der Waals surface area contributed by atoms with Gasteiger partial charge in [0, 0.05) is 30.4 Å². The molecule has 0 spiro atoms. The van der Waals surface area contributed by atoms with E-state index in [0.29, 0.717) is 23.3 Å². The van der Waals surface area contributed by atoms with Crippen molar-refractivity contribution < 1.29 is 19.1 Å². The number of carbonyl (C=O) groups excluding carboxylic acids is 3. The molecule has 1 saturated heterocycles. The maximum absolute atomic E-state index is 11.9. The molecule has 0 atom stereocenters. The molecule has 2 amide bonds. The third-order valence-corrected chi connectivity index (χ3v) is 3.50. The van der Waals surface area contributed by atoms with Gasteiger partial charge in [-0.25, -0.2) is 4.31 Å². The molecule has 1 heterocycles. The minimum absolute atomic E-state index is 0.182. The average Bonchev–Trinajstić information content (AvgIpc) is 2.70. The zero-order valence-corrected chi connectivity index (χ0v) is 10.5. The first-order valence-electron chi connectivity index (χ1n) is 5.34. The Kier molecular flexibility index (Phi) is 3.66. The monoisotopic (exact) mass is 265 g/mol. The van der Waals surface area contributed by atoms with Crippen molar-refractivity contribution in [1.29, 1.82) is 0 Å². The van der Waals surface area contributed by atoms with E-state index >= 15 is 0 Å². The van der Waals surface area contributed by atoms with Crippen LogP contribution in [0.1, 0.15) is 23.2 Å². The molecule has 2 rings (SSSR count). The Bertz CT molecular complexity index is 481. The maximum Gasteiger partial charge on any atom is 0.240 e. The lowest BCUT2D eigenvalue weighted by Crippen LogP contribution is -2.23. The number of ether oxygens (including phenoxy) is 1. The molecule has 1 aromatic rings. The van der Waals surface area contributed by atoms with E-state index in [1.165, 1.54) is 7.11 Å². The summed E-state index contributed by atoms with van der Waals surface area (Å²) in [6.45, 7) is 0. The summed E-state index contributed by atoms with van der Waals surface area (Å²) in [5.74, 6) is 0.0172. The largest absolute Gasteiger partial charge is 0.497 e. The predicted molar refractivity (Wildman–Crippen MR) is 66.0 cm³/mol. The number of rotatable bonds is 3. The summed E-state index contributed by atoms with van der Waals surface area (Å²) in [6, 6.07) is 6.50. The minimum atomic E-state index is -0.332. The van der Waals surface area contributed by atoms with Crippen molar-refractivity contribution >= 4 is 28.9 Å². The van der Waals surface area contributed by atoms with E-state index in [-0.39, 0.29) is 29.8 Å². The normalized spacial score (nSPS) is 15.1. The van der Waals surface area contributed by atoms with Crippen LogP contribution in [0.5, 0.6) is 5.75 Å². The average molecular weight is 265 g/mol. The highest BCUT2D eigenvalue weighted by Crippen LogP contribution is 2.25. The van der Waals surface area contributed by atoms with Gasteiger partial charge in [-0.2, -0.15) is 0 Å². The van der Waals surface area contributed by atoms with Gasteiger partial charge in [0.2, 0.25) is 16.9 Å². The van der Waals surface area contributed by atoms with Gasteiger partial charge < -0.3 is 4.74 Å². The molecule has 0 aromatic heterocycles. The van der Waals surface area contributed by atoms with E-state index < -0.39 is 0 Å². The van der Waals surface area contributed by atoms with Crippen LogP contribution in [0.4, 0.5) is 0 Å². The fourth-order valence-electron chi connectivity index (χ4n) is 1.52. The first-order valence-corrected chi connectivity index (χ1v) is 6.11. The molecular formula is C12H11NO4S. The van der Waals surface area contributed by atoms with Gasteiger partial charge in [-0.1, -0.05) is 0 Å². The lowest BCUT2D eigenvalue weighted by Gasteiger charge is -2.10. The first kappa shape index (κ1) is 12.6. The number of amides is 2. The van der Waals surface area contributed by atoms with Gasteiger partial charge in [-0.05, 0) is 24.3 Å². The van der Waals surface area contributed by atoms with Crippen molar-refractivity contribution in [1.82, 2.24) is 4.31 Å². The lowest BCUT2D eigenvalue weighted by molar-refractivity contribution is -0.131. The molecule has 0 radical (unpaired) electrons. The SMILES string of the molecule is COc1ccc(C(=O)SN2C(=O)CCC2=O)cc1. The molecule has 18 heavy (non-hydrogen) atoms. The van der Waals surface area contributed by atoms with Crippen molar-refractivity contribution in [3.8, 4) is 5.75 Å². The molecule has 0 bridgehead atoms. The van der Waals surface area contributed by atoms with E-state index in [1.807, 2.05) is 0 Å². The van der Waals surface area contributed by atoms with E-state index in [2.05, 4.69) is 0 Å². The molecular weight excluding hydrogens is 254 g/mol. The fraction of sp³-hybridized carbons (Fsp3) is 0.250. The first-order chi connectivity index (χ1) is 8.61. The van der Waals surface area contributed by atoms with Gasteiger partial charge in [0.25, 0.3) is 0 Å². The Morgan fingerprint density at radius 3 is 2.22 bits per heavy atom. The van der Waals surface area contributed by atoms with Gasteiger partial charge in [-0.3, -0.25) is 14.4 Å². The summed E-state index contributed by atoms with van der Waals surface area (Å²) in [5, 5.41) is -0.332. The van der Waals surface area contributed by atoms with Crippen LogP contribution in [0.3, 0.4) is 0 Å². The van der Waals surface area contributed by atoms with E-state index in [0.717, 1.165) is 4.31 Å². The van der Waals surface area contributed by atoms with Crippen LogP contribution < -0.4 is 4.74 Å². The van der Waals surface area contributed by atoms with Crippen LogP contribution in [-0.4, -0.2) is 28.3 Å². The molecule has 1 aromatic carbocycles. The Morgan fingerprint density at radius 2 is 1.72 bits per heavy atom. The van der Waals surface area contributed by atoms with Crippen LogP contribution in [0.25, 0.3) is 0 Å². The summed E-state index contributed by atoms with van der Waals surface area (Å²) in [6.07, 6.45) is 0.365. The Hall–Kier alpha value is -1.82. The summed E-state index contributed by atoms with van der Waals surface area (Å²) >= 11 is 0.644. The molecule has 6 heteroatoms. The number of carbonyl (C=O) groups is 3. The van der Waals surface area contributed by atoms with E-state index in [1.54, 1.807) is 24.3 Å². The molecule has 5 nitrogen and oxygen atoms in total. The summed E-state index contributed by atoms with van der Waals surface area (Å²) in [7, 11) is 1.53. The zero-order valence-electron chi connectivity index (χ0n) is 9.71. The third-order valence-electron chi connectivity index (χ3n) is 2.51. The number of hydrogen-bond acceptors (Lipinski definition) is 5. The van der Waals surface area contributed by atoms with Crippen LogP contribution in [0.2, 0.25) is 0 Å². The second-order valence-electron chi connectivity index (χ2n) is 3.69. The molecule has 0 N–H and O–H groups in total. The topological polar surface area (TPSA) is 63.7 Å². The maximum atomic E-state index is 11.9. The Morgan fingerprint density at radius 1 is 1.17 bits per heavy atom. The van der Waals surface area contributed by atoms with E-state index in [9.17, 15) is 14.4 Å². The van der Waals surface area contributed by atoms with E-state index in [4.69, 9.17) is 4.74 Å². The van der Waals surface area contributed by atoms with Gasteiger partial charge in [0.05, 0.1) is 7.11 Å². The molecule has 1 aliphatic heterocycles. The molecule has 0 saturated carbocycles. The summed E-state index contributed by atoms with van der Waals surface area (Å²) in [4.78, 5) is 34.6. The number of methoxy groups -OCH3 is 1. The van der Waals surface area contributed by atoms with Crippen LogP contribution in [0.15, 0.2) is 24.3 Å². The molecule has 1 fully saturated rings. The Labute approximate surface area is 108 Å². The zero-order chi connectivity index (χ0) is 13.1. The third kappa shape index (κ3) is 2.53. The highest BCUT2D eigenvalue weighted by molar-refractivity contribution is 8.13. The van der Waals surface area contributed by atoms with Crippen molar-refractivity contribution in [3.05, 3.63) is 29.8 Å². The Balaban J connectivity index is 2.07. The molecule has 1 aliphatic rings. The highest BCUT2D eigenvalue weighted by atomic mass is 32.2. The second-order valence-corrected chi connectivity index (χ2v) is 4.61. The minimum Gasteiger partial charge on any atom is -0.497 e. The van der Waals surface area contributed by atoms with Crippen molar-refractivity contribution in [2.45, 2.75) is 12.8 Å². The lowest BCUT2D eigenvalue weighted by atomic mass is 10.2. The number of nitrogens with zero attached hydrogens (tertiary/aromatic N) is 1. The smallest absolute Gasteiger partial charge is 0.240 e. The molecule has 94 valence electrons. The highest BCUT2D eigenvalue weighted by Gasteiger charge is 2.32. The van der Waals surface area contributed by atoms with Gasteiger partial charge in [-0.15, -0.1) is 0 Å². The van der Waals surface area contributed by atoms with Crippen molar-refractivity contribution in [2.24, 2.45) is 0 Å². The van der Waals surface area contributed by atoms with Crippen molar-refractivity contribution in [3.63, 3.8) is 0 Å². The van der Waals surface area contributed by atoms with Crippen LogP contribution in [0, 0.1) is 0 Å². The quantitative estimate of drug-likeness (QED) is 0.614. The fourth-order valence-corrected chi connectivity index (χ4v) is 2.31. The number of hydrogen-bond donors (Lipinski definition) is 0. The molecule has 0 unspecified atom stereocenters. The summed E-state index contributed by atoms with van der Waals surface area (Å²) in [5.41, 5.74) is 0.424. The van der Waals surface area contributed by atoms with Crippen LogP contribution >= 0.6 is 11.9 Å². The predicted octanol–water partition coefficient (Wildman–Crippen LogP) is 1.63. The van der Waals surface area contributed by atoms with Gasteiger partial charge >= 0.3 is 0 Å². The second kappa shape index (κ2) is 5.22. The molecule has 0 aliphatic carbocycles. The van der Waals surface area contributed by atoms with Crippen LogP contribution in [-0.2, 0) is 9.59 Å². The van der Waals surface area contributed by atoms with Gasteiger partial charge in [0.1, 0.15) is 5.75 Å². The van der Waals surface area contributed by atoms with Crippen molar-refractivity contribution in [2.75, 3.05) is 7.11 Å². The number of imide groups is 1. The number of benzene rings is 1.